The van der Waals surface area contributed by atoms with Crippen LogP contribution in [0.25, 0.3) is 10.8 Å². The fraction of sp³-hybridized carbons (Fsp3) is 0.241. The highest BCUT2D eigenvalue weighted by atomic mass is 16.5. The third kappa shape index (κ3) is 5.86. The molecule has 0 bridgehead atoms. The van der Waals surface area contributed by atoms with Gasteiger partial charge in [0.25, 0.3) is 11.5 Å². The summed E-state index contributed by atoms with van der Waals surface area (Å²) in [5.74, 6) is -1.00. The van der Waals surface area contributed by atoms with Crippen molar-refractivity contribution in [1.82, 2.24) is 15.1 Å². The van der Waals surface area contributed by atoms with E-state index in [0.29, 0.717) is 36.7 Å². The first-order valence-corrected chi connectivity index (χ1v) is 12.1. The van der Waals surface area contributed by atoms with Crippen molar-refractivity contribution in [1.29, 1.82) is 0 Å². The summed E-state index contributed by atoms with van der Waals surface area (Å²) in [4.78, 5) is 37.9. The zero-order valence-electron chi connectivity index (χ0n) is 20.2. The van der Waals surface area contributed by atoms with Gasteiger partial charge < -0.3 is 10.1 Å². The zero-order valence-corrected chi connectivity index (χ0v) is 20.2. The molecule has 1 heterocycles. The molecule has 36 heavy (non-hydrogen) atoms. The number of amides is 1. The van der Waals surface area contributed by atoms with Crippen LogP contribution >= 0.6 is 0 Å². The number of esters is 1. The van der Waals surface area contributed by atoms with E-state index in [9.17, 15) is 14.4 Å². The van der Waals surface area contributed by atoms with Crippen molar-refractivity contribution in [3.05, 3.63) is 112 Å². The average molecular weight is 484 g/mol. The first kappa shape index (κ1) is 24.9. The maximum absolute atomic E-state index is 12.8. The average Bonchev–Trinajstić information content (AvgIpc) is 2.92. The van der Waals surface area contributed by atoms with E-state index in [1.807, 2.05) is 43.3 Å². The summed E-state index contributed by atoms with van der Waals surface area (Å²) in [5.41, 5.74) is 2.11. The highest BCUT2D eigenvalue weighted by molar-refractivity contribution is 6.02. The molecule has 0 saturated heterocycles. The molecule has 0 fully saturated rings. The number of benzene rings is 3. The van der Waals surface area contributed by atoms with Crippen molar-refractivity contribution in [2.24, 2.45) is 0 Å². The molecule has 0 atom stereocenters. The SMILES string of the molecule is CCCn1nc(C(=O)OCC(=O)NCCC(c2ccccc2)c2ccccc2)c2ccccc2c1=O. The lowest BCUT2D eigenvalue weighted by molar-refractivity contribution is -0.124. The number of nitrogens with zero attached hydrogens (tertiary/aromatic N) is 2. The number of carbonyl (C=O) groups is 2. The zero-order chi connectivity index (χ0) is 25.3. The van der Waals surface area contributed by atoms with E-state index in [2.05, 4.69) is 34.7 Å². The third-order valence-corrected chi connectivity index (χ3v) is 5.99. The molecule has 7 nitrogen and oxygen atoms in total. The Morgan fingerprint density at radius 1 is 0.889 bits per heavy atom. The Morgan fingerprint density at radius 2 is 1.47 bits per heavy atom. The summed E-state index contributed by atoms with van der Waals surface area (Å²) in [6.07, 6.45) is 1.39. The highest BCUT2D eigenvalue weighted by Crippen LogP contribution is 2.27. The number of aromatic nitrogens is 2. The van der Waals surface area contributed by atoms with Crippen molar-refractivity contribution in [3.8, 4) is 0 Å². The Hall–Kier alpha value is -4.26. The maximum atomic E-state index is 12.8. The molecule has 4 aromatic rings. The number of fused-ring (bicyclic) bond motifs is 1. The fourth-order valence-corrected chi connectivity index (χ4v) is 4.25. The second-order valence-electron chi connectivity index (χ2n) is 8.51. The van der Waals surface area contributed by atoms with E-state index in [0.717, 1.165) is 0 Å². The molecule has 1 amide bonds. The van der Waals surface area contributed by atoms with Crippen LogP contribution in [-0.2, 0) is 16.1 Å². The van der Waals surface area contributed by atoms with Gasteiger partial charge in [-0.25, -0.2) is 9.48 Å². The van der Waals surface area contributed by atoms with E-state index in [-0.39, 0.29) is 17.2 Å². The standard InChI is InChI=1S/C29H29N3O4/c1-2-19-32-28(34)25-16-10-9-15-24(25)27(31-32)29(35)36-20-26(33)30-18-17-23(21-11-5-3-6-12-21)22-13-7-4-8-14-22/h3-16,23H,2,17-20H2,1H3,(H,30,33). The molecular weight excluding hydrogens is 454 g/mol. The molecule has 4 rings (SSSR count). The van der Waals surface area contributed by atoms with Crippen LogP contribution in [0.2, 0.25) is 0 Å². The quantitative estimate of drug-likeness (QED) is 0.340. The van der Waals surface area contributed by atoms with Gasteiger partial charge in [0.15, 0.2) is 12.3 Å². The van der Waals surface area contributed by atoms with Gasteiger partial charge in [-0.3, -0.25) is 9.59 Å². The third-order valence-electron chi connectivity index (χ3n) is 5.99. The van der Waals surface area contributed by atoms with Crippen molar-refractivity contribution >= 4 is 22.6 Å². The van der Waals surface area contributed by atoms with Crippen LogP contribution in [0.15, 0.2) is 89.7 Å². The largest absolute Gasteiger partial charge is 0.451 e. The minimum atomic E-state index is -0.738. The van der Waals surface area contributed by atoms with Crippen molar-refractivity contribution in [2.45, 2.75) is 32.2 Å². The molecule has 1 N–H and O–H groups in total. The molecule has 0 unspecified atom stereocenters. The van der Waals surface area contributed by atoms with Crippen LogP contribution in [0.3, 0.4) is 0 Å². The second-order valence-corrected chi connectivity index (χ2v) is 8.51. The number of rotatable bonds is 10. The molecule has 1 aromatic heterocycles. The number of carbonyl (C=O) groups excluding carboxylic acids is 2. The van der Waals surface area contributed by atoms with Gasteiger partial charge in [-0.2, -0.15) is 5.10 Å². The highest BCUT2D eigenvalue weighted by Gasteiger charge is 2.19. The first-order chi connectivity index (χ1) is 17.6. The van der Waals surface area contributed by atoms with E-state index in [4.69, 9.17) is 4.74 Å². The lowest BCUT2D eigenvalue weighted by Crippen LogP contribution is -2.31. The van der Waals surface area contributed by atoms with Crippen molar-refractivity contribution < 1.29 is 14.3 Å². The molecule has 7 heteroatoms. The van der Waals surface area contributed by atoms with Gasteiger partial charge in [0.1, 0.15) is 0 Å². The van der Waals surface area contributed by atoms with Gasteiger partial charge in [0.2, 0.25) is 0 Å². The van der Waals surface area contributed by atoms with Crippen LogP contribution in [-0.4, -0.2) is 34.8 Å². The van der Waals surface area contributed by atoms with Crippen LogP contribution in [0, 0.1) is 0 Å². The van der Waals surface area contributed by atoms with E-state index in [1.165, 1.54) is 15.8 Å². The molecule has 0 aliphatic heterocycles. The molecule has 184 valence electrons. The minimum Gasteiger partial charge on any atom is -0.451 e. The molecule has 0 saturated carbocycles. The number of hydrogen-bond donors (Lipinski definition) is 1. The normalized spacial score (nSPS) is 10.9. The van der Waals surface area contributed by atoms with Gasteiger partial charge in [-0.1, -0.05) is 85.8 Å². The lowest BCUT2D eigenvalue weighted by Gasteiger charge is -2.18. The fourth-order valence-electron chi connectivity index (χ4n) is 4.25. The Labute approximate surface area is 209 Å². The van der Waals surface area contributed by atoms with Crippen LogP contribution in [0.1, 0.15) is 47.3 Å². The minimum absolute atomic E-state index is 0.0275. The Balaban J connectivity index is 1.38. The number of nitrogens with one attached hydrogen (secondary N) is 1. The van der Waals surface area contributed by atoms with Crippen LogP contribution < -0.4 is 10.9 Å². The molecule has 0 spiro atoms. The predicted octanol–water partition coefficient (Wildman–Crippen LogP) is 4.30. The van der Waals surface area contributed by atoms with Gasteiger partial charge in [-0.05, 0) is 30.0 Å². The monoisotopic (exact) mass is 483 g/mol. The Bertz CT molecular complexity index is 1340. The number of hydrogen-bond acceptors (Lipinski definition) is 5. The number of ether oxygens (including phenoxy) is 1. The summed E-state index contributed by atoms with van der Waals surface area (Å²) in [6.45, 7) is 2.30. The van der Waals surface area contributed by atoms with E-state index < -0.39 is 18.5 Å². The summed E-state index contributed by atoms with van der Waals surface area (Å²) in [5, 5.41) is 7.87. The van der Waals surface area contributed by atoms with E-state index >= 15 is 0 Å². The topological polar surface area (TPSA) is 90.3 Å². The van der Waals surface area contributed by atoms with Crippen molar-refractivity contribution in [2.75, 3.05) is 13.2 Å². The van der Waals surface area contributed by atoms with Gasteiger partial charge in [-0.15, -0.1) is 0 Å². The van der Waals surface area contributed by atoms with Crippen LogP contribution in [0.4, 0.5) is 0 Å². The molecule has 3 aromatic carbocycles. The number of aryl methyl sites for hydroxylation is 1. The van der Waals surface area contributed by atoms with Gasteiger partial charge >= 0.3 is 5.97 Å². The molecular formula is C29H29N3O4. The summed E-state index contributed by atoms with van der Waals surface area (Å²) in [7, 11) is 0. The van der Waals surface area contributed by atoms with Gasteiger partial charge in [0.05, 0.1) is 5.39 Å². The summed E-state index contributed by atoms with van der Waals surface area (Å²) < 4.78 is 6.54. The summed E-state index contributed by atoms with van der Waals surface area (Å²) in [6, 6.07) is 27.1. The lowest BCUT2D eigenvalue weighted by atomic mass is 9.88. The van der Waals surface area contributed by atoms with Crippen LogP contribution in [0.5, 0.6) is 0 Å². The smallest absolute Gasteiger partial charge is 0.359 e. The molecule has 0 aliphatic rings. The second kappa shape index (κ2) is 11.9. The van der Waals surface area contributed by atoms with E-state index in [1.54, 1.807) is 24.3 Å². The van der Waals surface area contributed by atoms with Crippen molar-refractivity contribution in [3.63, 3.8) is 0 Å². The molecule has 0 radical (unpaired) electrons. The predicted molar refractivity (Wildman–Crippen MR) is 139 cm³/mol. The summed E-state index contributed by atoms with van der Waals surface area (Å²) >= 11 is 0. The Morgan fingerprint density at radius 3 is 2.08 bits per heavy atom. The molecule has 0 aliphatic carbocycles. The van der Waals surface area contributed by atoms with Gasteiger partial charge in [0, 0.05) is 24.4 Å². The first-order valence-electron chi connectivity index (χ1n) is 12.1. The maximum Gasteiger partial charge on any atom is 0.359 e. The Kier molecular flexibility index (Phi) is 8.24.